The number of hydrogen-bond donors (Lipinski definition) is 2. The van der Waals surface area contributed by atoms with Crippen LogP contribution in [0.15, 0.2) is 48.5 Å². The van der Waals surface area contributed by atoms with Crippen LogP contribution < -0.4 is 10.6 Å². The smallest absolute Gasteiger partial charge is 0.229 e. The van der Waals surface area contributed by atoms with Gasteiger partial charge in [0.05, 0.1) is 11.6 Å². The summed E-state index contributed by atoms with van der Waals surface area (Å²) in [6.07, 6.45) is 2.38. The molecule has 1 aliphatic heterocycles. The standard InChI is InChI=1S/C19H19FN4O/c20-13-5-3-6-14(11-13)22-19-23-17-9-2-1-8-16(17)18(24-19)21-12-15-7-4-10-25-15/h1-3,5-6,8-9,11,15H,4,7,10,12H2,(H2,21,22,23,24)/t15-/m1/s1. The third kappa shape index (κ3) is 3.69. The summed E-state index contributed by atoms with van der Waals surface area (Å²) in [6, 6.07) is 14.1. The number of halogens is 1. The fourth-order valence-corrected chi connectivity index (χ4v) is 2.98. The number of fused-ring (bicyclic) bond motifs is 1. The molecule has 1 atom stereocenters. The lowest BCUT2D eigenvalue weighted by molar-refractivity contribution is 0.120. The average Bonchev–Trinajstić information content (AvgIpc) is 3.13. The second-order valence-corrected chi connectivity index (χ2v) is 6.06. The molecule has 1 aromatic heterocycles. The predicted molar refractivity (Wildman–Crippen MR) is 96.7 cm³/mol. The van der Waals surface area contributed by atoms with Gasteiger partial charge in [0.1, 0.15) is 11.6 Å². The van der Waals surface area contributed by atoms with Crippen LogP contribution in [0.5, 0.6) is 0 Å². The molecule has 2 aromatic carbocycles. The monoisotopic (exact) mass is 338 g/mol. The molecule has 0 saturated carbocycles. The molecule has 4 rings (SSSR count). The van der Waals surface area contributed by atoms with Crippen molar-refractivity contribution < 1.29 is 9.13 Å². The van der Waals surface area contributed by atoms with Crippen LogP contribution in [0.2, 0.25) is 0 Å². The summed E-state index contributed by atoms with van der Waals surface area (Å²) in [6.45, 7) is 1.53. The summed E-state index contributed by atoms with van der Waals surface area (Å²) in [4.78, 5) is 9.10. The third-order valence-electron chi connectivity index (χ3n) is 4.21. The highest BCUT2D eigenvalue weighted by Crippen LogP contribution is 2.24. The molecule has 0 unspecified atom stereocenters. The summed E-state index contributed by atoms with van der Waals surface area (Å²) in [5.41, 5.74) is 1.44. The van der Waals surface area contributed by atoms with E-state index in [2.05, 4.69) is 20.6 Å². The normalized spacial score (nSPS) is 16.9. The predicted octanol–water partition coefficient (Wildman–Crippen LogP) is 4.10. The molecular formula is C19H19FN4O. The molecule has 1 aliphatic rings. The average molecular weight is 338 g/mol. The molecule has 128 valence electrons. The van der Waals surface area contributed by atoms with E-state index in [0.717, 1.165) is 36.2 Å². The van der Waals surface area contributed by atoms with E-state index in [1.807, 2.05) is 24.3 Å². The SMILES string of the molecule is Fc1cccc(Nc2nc(NC[C@H]3CCCO3)c3ccccc3n2)c1. The van der Waals surface area contributed by atoms with E-state index in [1.165, 1.54) is 12.1 Å². The Bertz CT molecular complexity index is 880. The summed E-state index contributed by atoms with van der Waals surface area (Å²) >= 11 is 0. The molecule has 0 radical (unpaired) electrons. The van der Waals surface area contributed by atoms with Crippen molar-refractivity contribution in [3.63, 3.8) is 0 Å². The van der Waals surface area contributed by atoms with E-state index in [0.29, 0.717) is 18.2 Å². The number of para-hydroxylation sites is 1. The van der Waals surface area contributed by atoms with Crippen LogP contribution in [0.4, 0.5) is 21.8 Å². The van der Waals surface area contributed by atoms with Crippen molar-refractivity contribution in [2.24, 2.45) is 0 Å². The number of nitrogens with zero attached hydrogens (tertiary/aromatic N) is 2. The third-order valence-corrected chi connectivity index (χ3v) is 4.21. The minimum Gasteiger partial charge on any atom is -0.376 e. The van der Waals surface area contributed by atoms with Gasteiger partial charge in [-0.05, 0) is 43.2 Å². The van der Waals surface area contributed by atoms with Crippen molar-refractivity contribution in [1.29, 1.82) is 0 Å². The van der Waals surface area contributed by atoms with Gasteiger partial charge in [-0.2, -0.15) is 4.98 Å². The van der Waals surface area contributed by atoms with Gasteiger partial charge in [0, 0.05) is 24.2 Å². The van der Waals surface area contributed by atoms with E-state index in [-0.39, 0.29) is 11.9 Å². The fraction of sp³-hybridized carbons (Fsp3) is 0.263. The van der Waals surface area contributed by atoms with Gasteiger partial charge in [-0.25, -0.2) is 9.37 Å². The Morgan fingerprint density at radius 3 is 2.88 bits per heavy atom. The topological polar surface area (TPSA) is 59.1 Å². The molecular weight excluding hydrogens is 319 g/mol. The zero-order valence-corrected chi connectivity index (χ0v) is 13.7. The maximum absolute atomic E-state index is 13.4. The quantitative estimate of drug-likeness (QED) is 0.733. The van der Waals surface area contributed by atoms with Gasteiger partial charge in [0.25, 0.3) is 0 Å². The highest BCUT2D eigenvalue weighted by Gasteiger charge is 2.16. The van der Waals surface area contributed by atoms with E-state index in [4.69, 9.17) is 4.74 Å². The van der Waals surface area contributed by atoms with Gasteiger partial charge in [-0.3, -0.25) is 0 Å². The Morgan fingerprint density at radius 1 is 1.12 bits per heavy atom. The van der Waals surface area contributed by atoms with E-state index in [9.17, 15) is 4.39 Å². The molecule has 0 aliphatic carbocycles. The van der Waals surface area contributed by atoms with Crippen LogP contribution in [-0.4, -0.2) is 29.2 Å². The molecule has 1 saturated heterocycles. The number of hydrogen-bond acceptors (Lipinski definition) is 5. The Labute approximate surface area is 145 Å². The maximum atomic E-state index is 13.4. The molecule has 0 spiro atoms. The molecule has 5 nitrogen and oxygen atoms in total. The highest BCUT2D eigenvalue weighted by molar-refractivity contribution is 5.90. The van der Waals surface area contributed by atoms with E-state index < -0.39 is 0 Å². The van der Waals surface area contributed by atoms with Crippen molar-refractivity contribution in [2.45, 2.75) is 18.9 Å². The summed E-state index contributed by atoms with van der Waals surface area (Å²) < 4.78 is 19.1. The number of ether oxygens (including phenoxy) is 1. The van der Waals surface area contributed by atoms with Crippen molar-refractivity contribution in [2.75, 3.05) is 23.8 Å². The molecule has 2 N–H and O–H groups in total. The molecule has 2 heterocycles. The number of nitrogens with one attached hydrogen (secondary N) is 2. The van der Waals surface area contributed by atoms with Crippen LogP contribution in [0, 0.1) is 5.82 Å². The summed E-state index contributed by atoms with van der Waals surface area (Å²) in [7, 11) is 0. The number of rotatable bonds is 5. The van der Waals surface area contributed by atoms with Gasteiger partial charge >= 0.3 is 0 Å². The molecule has 25 heavy (non-hydrogen) atoms. The van der Waals surface area contributed by atoms with Crippen LogP contribution in [0.3, 0.4) is 0 Å². The molecule has 0 bridgehead atoms. The lowest BCUT2D eigenvalue weighted by atomic mass is 10.2. The first-order chi connectivity index (χ1) is 12.3. The van der Waals surface area contributed by atoms with Crippen molar-refractivity contribution >= 4 is 28.4 Å². The second kappa shape index (κ2) is 7.03. The lowest BCUT2D eigenvalue weighted by Gasteiger charge is -2.14. The minimum absolute atomic E-state index is 0.216. The second-order valence-electron chi connectivity index (χ2n) is 6.06. The molecule has 1 fully saturated rings. The van der Waals surface area contributed by atoms with Crippen LogP contribution in [0.25, 0.3) is 10.9 Å². The first-order valence-corrected chi connectivity index (χ1v) is 8.43. The van der Waals surface area contributed by atoms with Gasteiger partial charge in [0.15, 0.2) is 0 Å². The van der Waals surface area contributed by atoms with E-state index >= 15 is 0 Å². The number of aromatic nitrogens is 2. The number of benzene rings is 2. The van der Waals surface area contributed by atoms with Crippen molar-refractivity contribution in [3.05, 3.63) is 54.3 Å². The lowest BCUT2D eigenvalue weighted by Crippen LogP contribution is -2.19. The first-order valence-electron chi connectivity index (χ1n) is 8.43. The van der Waals surface area contributed by atoms with Gasteiger partial charge in [-0.1, -0.05) is 18.2 Å². The van der Waals surface area contributed by atoms with Gasteiger partial charge in [0.2, 0.25) is 5.95 Å². The number of anilines is 3. The zero-order valence-electron chi connectivity index (χ0n) is 13.7. The van der Waals surface area contributed by atoms with Crippen LogP contribution >= 0.6 is 0 Å². The summed E-state index contributed by atoms with van der Waals surface area (Å²) in [5, 5.41) is 7.40. The van der Waals surface area contributed by atoms with E-state index in [1.54, 1.807) is 12.1 Å². The minimum atomic E-state index is -0.303. The molecule has 3 aromatic rings. The summed E-state index contributed by atoms with van der Waals surface area (Å²) in [5.74, 6) is 0.877. The van der Waals surface area contributed by atoms with Crippen LogP contribution in [0.1, 0.15) is 12.8 Å². The Hall–Kier alpha value is -2.73. The Kier molecular flexibility index (Phi) is 4.43. The molecule has 0 amide bonds. The van der Waals surface area contributed by atoms with Crippen LogP contribution in [-0.2, 0) is 4.74 Å². The fourth-order valence-electron chi connectivity index (χ4n) is 2.98. The Balaban J connectivity index is 1.63. The Morgan fingerprint density at radius 2 is 2.04 bits per heavy atom. The highest BCUT2D eigenvalue weighted by atomic mass is 19.1. The molecule has 6 heteroatoms. The zero-order chi connectivity index (χ0) is 17.1. The largest absolute Gasteiger partial charge is 0.376 e. The maximum Gasteiger partial charge on any atom is 0.229 e. The van der Waals surface area contributed by atoms with Gasteiger partial charge < -0.3 is 15.4 Å². The van der Waals surface area contributed by atoms with Crippen molar-refractivity contribution in [3.8, 4) is 0 Å². The van der Waals surface area contributed by atoms with Gasteiger partial charge in [-0.15, -0.1) is 0 Å². The first kappa shape index (κ1) is 15.8. The van der Waals surface area contributed by atoms with Crippen molar-refractivity contribution in [1.82, 2.24) is 9.97 Å².